The summed E-state index contributed by atoms with van der Waals surface area (Å²) in [6, 6.07) is 12.8. The number of ether oxygens (including phenoxy) is 3. The summed E-state index contributed by atoms with van der Waals surface area (Å²) in [7, 11) is 3.17. The van der Waals surface area contributed by atoms with Gasteiger partial charge in [-0.3, -0.25) is 9.59 Å². The van der Waals surface area contributed by atoms with E-state index >= 15 is 0 Å². The van der Waals surface area contributed by atoms with Gasteiger partial charge in [0.05, 0.1) is 20.1 Å². The van der Waals surface area contributed by atoms with E-state index in [0.29, 0.717) is 36.8 Å². The van der Waals surface area contributed by atoms with Crippen molar-refractivity contribution in [3.8, 4) is 11.5 Å². The number of anilines is 2. The molecule has 29 heavy (non-hydrogen) atoms. The summed E-state index contributed by atoms with van der Waals surface area (Å²) in [6.45, 7) is 1.60. The molecule has 154 valence electrons. The molecule has 0 unspecified atom stereocenters. The molecule has 0 atom stereocenters. The molecule has 2 aromatic rings. The van der Waals surface area contributed by atoms with E-state index in [-0.39, 0.29) is 18.2 Å². The molecule has 7 nitrogen and oxygen atoms in total. The van der Waals surface area contributed by atoms with E-state index < -0.39 is 0 Å². The summed E-state index contributed by atoms with van der Waals surface area (Å²) in [4.78, 5) is 26.1. The summed E-state index contributed by atoms with van der Waals surface area (Å²) in [5.41, 5.74) is 2.38. The molecule has 3 rings (SSSR count). The molecule has 1 N–H and O–H groups in total. The first-order valence-electron chi connectivity index (χ1n) is 9.59. The van der Waals surface area contributed by atoms with Crippen molar-refractivity contribution < 1.29 is 23.8 Å². The Morgan fingerprint density at radius 3 is 2.52 bits per heavy atom. The largest absolute Gasteiger partial charge is 0.493 e. The average molecular weight is 398 g/mol. The van der Waals surface area contributed by atoms with Crippen molar-refractivity contribution in [1.82, 2.24) is 0 Å². The van der Waals surface area contributed by atoms with Gasteiger partial charge in [0.1, 0.15) is 6.61 Å². The molecule has 0 radical (unpaired) electrons. The zero-order valence-electron chi connectivity index (χ0n) is 16.8. The van der Waals surface area contributed by atoms with Crippen molar-refractivity contribution in [3.05, 3.63) is 48.0 Å². The van der Waals surface area contributed by atoms with Gasteiger partial charge in [0.15, 0.2) is 11.5 Å². The molecule has 1 fully saturated rings. The highest BCUT2D eigenvalue weighted by molar-refractivity contribution is 5.95. The number of amides is 2. The summed E-state index contributed by atoms with van der Waals surface area (Å²) >= 11 is 0. The van der Waals surface area contributed by atoms with E-state index in [2.05, 4.69) is 5.32 Å². The predicted octanol–water partition coefficient (Wildman–Crippen LogP) is 3.03. The number of rotatable bonds is 9. The number of carbonyl (C=O) groups is 2. The second-order valence-electron chi connectivity index (χ2n) is 6.75. The molecule has 2 aromatic carbocycles. The number of carbonyl (C=O) groups excluding carboxylic acids is 2. The molecular weight excluding hydrogens is 372 g/mol. The molecule has 1 saturated heterocycles. The van der Waals surface area contributed by atoms with Gasteiger partial charge in [-0.15, -0.1) is 0 Å². The van der Waals surface area contributed by atoms with Gasteiger partial charge < -0.3 is 24.4 Å². The van der Waals surface area contributed by atoms with Crippen LogP contribution in [0.15, 0.2) is 42.5 Å². The van der Waals surface area contributed by atoms with Crippen molar-refractivity contribution >= 4 is 23.2 Å². The minimum absolute atomic E-state index is 0.136. The standard InChI is InChI=1S/C22H26N2O5/c1-27-12-13-29-20-15-17(7-10-19(20)28-2)23-21(25)14-16-5-8-18(9-6-16)24-11-3-4-22(24)26/h5-10,15H,3-4,11-14H2,1-2H3,(H,23,25). The van der Waals surface area contributed by atoms with Crippen molar-refractivity contribution in [2.75, 3.05) is 44.2 Å². The van der Waals surface area contributed by atoms with Crippen LogP contribution in [0.1, 0.15) is 18.4 Å². The Hall–Kier alpha value is -3.06. The minimum atomic E-state index is -0.136. The third-order valence-electron chi connectivity index (χ3n) is 4.68. The number of benzene rings is 2. The van der Waals surface area contributed by atoms with Crippen LogP contribution in [-0.4, -0.2) is 45.8 Å². The highest BCUT2D eigenvalue weighted by atomic mass is 16.5. The van der Waals surface area contributed by atoms with Gasteiger partial charge in [0.2, 0.25) is 11.8 Å². The topological polar surface area (TPSA) is 77.1 Å². The van der Waals surface area contributed by atoms with Crippen molar-refractivity contribution in [3.63, 3.8) is 0 Å². The summed E-state index contributed by atoms with van der Waals surface area (Å²) in [5.74, 6) is 1.15. The lowest BCUT2D eigenvalue weighted by molar-refractivity contribution is -0.117. The lowest BCUT2D eigenvalue weighted by Gasteiger charge is -2.16. The smallest absolute Gasteiger partial charge is 0.228 e. The number of methoxy groups -OCH3 is 2. The zero-order chi connectivity index (χ0) is 20.6. The number of hydrogen-bond donors (Lipinski definition) is 1. The first-order valence-corrected chi connectivity index (χ1v) is 9.59. The van der Waals surface area contributed by atoms with Crippen molar-refractivity contribution in [2.45, 2.75) is 19.3 Å². The fourth-order valence-corrected chi connectivity index (χ4v) is 3.21. The summed E-state index contributed by atoms with van der Waals surface area (Å²) in [5, 5.41) is 2.88. The Balaban J connectivity index is 1.60. The first kappa shape index (κ1) is 20.7. The molecule has 0 bridgehead atoms. The Bertz CT molecular complexity index is 851. The van der Waals surface area contributed by atoms with E-state index in [1.165, 1.54) is 0 Å². The Morgan fingerprint density at radius 2 is 1.86 bits per heavy atom. The second kappa shape index (κ2) is 9.93. The van der Waals surface area contributed by atoms with Crippen LogP contribution in [0.2, 0.25) is 0 Å². The van der Waals surface area contributed by atoms with Crippen LogP contribution >= 0.6 is 0 Å². The minimum Gasteiger partial charge on any atom is -0.493 e. The van der Waals surface area contributed by atoms with Crippen LogP contribution in [0.25, 0.3) is 0 Å². The molecule has 0 aromatic heterocycles. The van der Waals surface area contributed by atoms with Crippen LogP contribution in [0.5, 0.6) is 11.5 Å². The fraction of sp³-hybridized carbons (Fsp3) is 0.364. The van der Waals surface area contributed by atoms with E-state index in [9.17, 15) is 9.59 Å². The van der Waals surface area contributed by atoms with Crippen LogP contribution in [0, 0.1) is 0 Å². The highest BCUT2D eigenvalue weighted by Crippen LogP contribution is 2.30. The van der Waals surface area contributed by atoms with E-state index in [1.807, 2.05) is 24.3 Å². The van der Waals surface area contributed by atoms with Gasteiger partial charge in [0.25, 0.3) is 0 Å². The predicted molar refractivity (Wildman–Crippen MR) is 111 cm³/mol. The molecule has 1 heterocycles. The Labute approximate surface area is 170 Å². The quantitative estimate of drug-likeness (QED) is 0.657. The van der Waals surface area contributed by atoms with Crippen LogP contribution in [-0.2, 0) is 20.7 Å². The Kier molecular flexibility index (Phi) is 7.08. The third-order valence-corrected chi connectivity index (χ3v) is 4.68. The highest BCUT2D eigenvalue weighted by Gasteiger charge is 2.21. The molecule has 0 spiro atoms. The number of hydrogen-bond acceptors (Lipinski definition) is 5. The van der Waals surface area contributed by atoms with Crippen LogP contribution in [0.3, 0.4) is 0 Å². The molecular formula is C22H26N2O5. The number of nitrogens with zero attached hydrogens (tertiary/aromatic N) is 1. The SMILES string of the molecule is COCCOc1cc(NC(=O)Cc2ccc(N3CCCC3=O)cc2)ccc1OC. The third kappa shape index (κ3) is 5.48. The maximum atomic E-state index is 12.4. The monoisotopic (exact) mass is 398 g/mol. The van der Waals surface area contributed by atoms with E-state index in [0.717, 1.165) is 24.2 Å². The summed E-state index contributed by atoms with van der Waals surface area (Å²) < 4.78 is 15.9. The normalized spacial score (nSPS) is 13.4. The van der Waals surface area contributed by atoms with Gasteiger partial charge in [-0.2, -0.15) is 0 Å². The maximum absolute atomic E-state index is 12.4. The van der Waals surface area contributed by atoms with Gasteiger partial charge >= 0.3 is 0 Å². The Morgan fingerprint density at radius 1 is 1.07 bits per heavy atom. The van der Waals surface area contributed by atoms with Gasteiger partial charge in [0, 0.05) is 37.5 Å². The maximum Gasteiger partial charge on any atom is 0.228 e. The van der Waals surface area contributed by atoms with Crippen molar-refractivity contribution in [2.24, 2.45) is 0 Å². The molecule has 0 aliphatic carbocycles. The van der Waals surface area contributed by atoms with Gasteiger partial charge in [-0.05, 0) is 36.2 Å². The average Bonchev–Trinajstić information content (AvgIpc) is 3.15. The molecule has 7 heteroatoms. The molecule has 0 saturated carbocycles. The van der Waals surface area contributed by atoms with Gasteiger partial charge in [-0.25, -0.2) is 0 Å². The fourth-order valence-electron chi connectivity index (χ4n) is 3.21. The van der Waals surface area contributed by atoms with Gasteiger partial charge in [-0.1, -0.05) is 12.1 Å². The lowest BCUT2D eigenvalue weighted by Crippen LogP contribution is -2.23. The van der Waals surface area contributed by atoms with Crippen molar-refractivity contribution in [1.29, 1.82) is 0 Å². The van der Waals surface area contributed by atoms with E-state index in [1.54, 1.807) is 37.3 Å². The van der Waals surface area contributed by atoms with Crippen LogP contribution in [0.4, 0.5) is 11.4 Å². The summed E-state index contributed by atoms with van der Waals surface area (Å²) in [6.07, 6.45) is 1.73. The lowest BCUT2D eigenvalue weighted by atomic mass is 10.1. The van der Waals surface area contributed by atoms with E-state index in [4.69, 9.17) is 14.2 Å². The molecule has 2 amide bonds. The first-order chi connectivity index (χ1) is 14.1. The van der Waals surface area contributed by atoms with Crippen LogP contribution < -0.4 is 19.7 Å². The second-order valence-corrected chi connectivity index (χ2v) is 6.75. The zero-order valence-corrected chi connectivity index (χ0v) is 16.8. The molecule has 1 aliphatic rings. The molecule has 1 aliphatic heterocycles. The number of nitrogens with one attached hydrogen (secondary N) is 1.